The summed E-state index contributed by atoms with van der Waals surface area (Å²) in [6.07, 6.45) is 0.286. The standard InChI is InChI=1S/C18H18N2O/c1-13-16(11-18(19)21)15-9-5-6-10-17(15)20(13)12-14-7-3-2-4-8-14/h2-10H,11-12H2,1H3,(H2,19,21). The Kier molecular flexibility index (Phi) is 3.48. The van der Waals surface area contributed by atoms with Crippen LogP contribution in [0.5, 0.6) is 0 Å². The molecular weight excluding hydrogens is 260 g/mol. The first-order chi connectivity index (χ1) is 10.2. The Morgan fingerprint density at radius 2 is 1.71 bits per heavy atom. The second-order valence-corrected chi connectivity index (χ2v) is 5.30. The van der Waals surface area contributed by atoms with Crippen molar-refractivity contribution in [3.63, 3.8) is 0 Å². The van der Waals surface area contributed by atoms with E-state index in [4.69, 9.17) is 5.73 Å². The summed E-state index contributed by atoms with van der Waals surface area (Å²) in [6, 6.07) is 18.5. The van der Waals surface area contributed by atoms with Gasteiger partial charge in [-0.05, 0) is 24.1 Å². The second-order valence-electron chi connectivity index (χ2n) is 5.30. The summed E-state index contributed by atoms with van der Waals surface area (Å²) >= 11 is 0. The maximum absolute atomic E-state index is 11.3. The Labute approximate surface area is 124 Å². The van der Waals surface area contributed by atoms with E-state index in [1.54, 1.807) is 0 Å². The third-order valence-corrected chi connectivity index (χ3v) is 3.90. The quantitative estimate of drug-likeness (QED) is 0.783. The number of hydrogen-bond donors (Lipinski definition) is 1. The van der Waals surface area contributed by atoms with Crippen molar-refractivity contribution in [3.8, 4) is 0 Å². The maximum atomic E-state index is 11.3. The van der Waals surface area contributed by atoms with Gasteiger partial charge in [-0.2, -0.15) is 0 Å². The van der Waals surface area contributed by atoms with E-state index in [0.29, 0.717) is 0 Å². The minimum absolute atomic E-state index is 0.286. The number of amides is 1. The van der Waals surface area contributed by atoms with Crippen molar-refractivity contribution in [1.29, 1.82) is 0 Å². The highest BCUT2D eigenvalue weighted by molar-refractivity contribution is 5.90. The third kappa shape index (κ3) is 2.55. The number of rotatable bonds is 4. The van der Waals surface area contributed by atoms with Crippen molar-refractivity contribution in [2.75, 3.05) is 0 Å². The zero-order valence-corrected chi connectivity index (χ0v) is 12.0. The molecule has 21 heavy (non-hydrogen) atoms. The molecule has 0 unspecified atom stereocenters. The number of benzene rings is 2. The Bertz CT molecular complexity index is 788. The van der Waals surface area contributed by atoms with Gasteiger partial charge in [-0.1, -0.05) is 48.5 Å². The summed E-state index contributed by atoms with van der Waals surface area (Å²) in [4.78, 5) is 11.3. The van der Waals surface area contributed by atoms with Gasteiger partial charge in [0, 0.05) is 23.1 Å². The summed E-state index contributed by atoms with van der Waals surface area (Å²) in [7, 11) is 0. The van der Waals surface area contributed by atoms with Gasteiger partial charge < -0.3 is 10.3 Å². The summed E-state index contributed by atoms with van der Waals surface area (Å²) < 4.78 is 2.25. The van der Waals surface area contributed by atoms with Gasteiger partial charge >= 0.3 is 0 Å². The predicted molar refractivity (Wildman–Crippen MR) is 85.1 cm³/mol. The zero-order chi connectivity index (χ0) is 14.8. The summed E-state index contributed by atoms with van der Waals surface area (Å²) in [5.41, 5.74) is 9.94. The van der Waals surface area contributed by atoms with E-state index < -0.39 is 0 Å². The number of nitrogens with zero attached hydrogens (tertiary/aromatic N) is 1. The van der Waals surface area contributed by atoms with E-state index in [-0.39, 0.29) is 12.3 Å². The Balaban J connectivity index is 2.14. The molecule has 1 heterocycles. The molecule has 3 heteroatoms. The number of nitrogens with two attached hydrogens (primary N) is 1. The van der Waals surface area contributed by atoms with Crippen LogP contribution in [-0.4, -0.2) is 10.5 Å². The van der Waals surface area contributed by atoms with E-state index in [0.717, 1.165) is 28.7 Å². The molecule has 0 bridgehead atoms. The molecule has 0 saturated carbocycles. The van der Waals surface area contributed by atoms with Crippen molar-refractivity contribution < 1.29 is 4.79 Å². The number of carbonyl (C=O) groups is 1. The molecule has 3 nitrogen and oxygen atoms in total. The average Bonchev–Trinajstić information content (AvgIpc) is 2.74. The van der Waals surface area contributed by atoms with Crippen LogP contribution in [0.3, 0.4) is 0 Å². The van der Waals surface area contributed by atoms with E-state index in [1.165, 1.54) is 5.56 Å². The van der Waals surface area contributed by atoms with E-state index in [2.05, 4.69) is 35.8 Å². The number of hydrogen-bond acceptors (Lipinski definition) is 1. The Morgan fingerprint density at radius 3 is 2.43 bits per heavy atom. The second kappa shape index (κ2) is 5.44. The van der Waals surface area contributed by atoms with E-state index in [1.807, 2.05) is 30.3 Å². The summed E-state index contributed by atoms with van der Waals surface area (Å²) in [5.74, 6) is -0.291. The van der Waals surface area contributed by atoms with Crippen LogP contribution >= 0.6 is 0 Å². The molecule has 0 saturated heterocycles. The highest BCUT2D eigenvalue weighted by atomic mass is 16.1. The molecule has 3 rings (SSSR count). The highest BCUT2D eigenvalue weighted by Crippen LogP contribution is 2.27. The normalized spacial score (nSPS) is 10.9. The molecule has 0 aliphatic carbocycles. The first-order valence-electron chi connectivity index (χ1n) is 7.05. The van der Waals surface area contributed by atoms with Crippen LogP contribution in [-0.2, 0) is 17.8 Å². The van der Waals surface area contributed by atoms with Gasteiger partial charge in [0.25, 0.3) is 0 Å². The van der Waals surface area contributed by atoms with Gasteiger partial charge in [-0.3, -0.25) is 4.79 Å². The number of carbonyl (C=O) groups excluding carboxylic acids is 1. The lowest BCUT2D eigenvalue weighted by Crippen LogP contribution is -2.14. The lowest BCUT2D eigenvalue weighted by Gasteiger charge is -2.09. The largest absolute Gasteiger partial charge is 0.369 e. The topological polar surface area (TPSA) is 48.0 Å². The monoisotopic (exact) mass is 278 g/mol. The molecule has 3 aromatic rings. The van der Waals surface area contributed by atoms with Crippen LogP contribution in [0.2, 0.25) is 0 Å². The molecule has 0 aliphatic rings. The molecule has 2 aromatic carbocycles. The molecule has 2 N–H and O–H groups in total. The smallest absolute Gasteiger partial charge is 0.221 e. The molecule has 106 valence electrons. The van der Waals surface area contributed by atoms with Gasteiger partial charge in [0.15, 0.2) is 0 Å². The van der Waals surface area contributed by atoms with Gasteiger partial charge in [0.2, 0.25) is 5.91 Å². The molecular formula is C18H18N2O. The fourth-order valence-corrected chi connectivity index (χ4v) is 2.87. The first-order valence-corrected chi connectivity index (χ1v) is 7.05. The van der Waals surface area contributed by atoms with Crippen LogP contribution in [0.15, 0.2) is 54.6 Å². The lowest BCUT2D eigenvalue weighted by molar-refractivity contribution is -0.117. The maximum Gasteiger partial charge on any atom is 0.221 e. The van der Waals surface area contributed by atoms with Gasteiger partial charge in [0.1, 0.15) is 0 Å². The number of fused-ring (bicyclic) bond motifs is 1. The van der Waals surface area contributed by atoms with Crippen molar-refractivity contribution in [3.05, 3.63) is 71.4 Å². The summed E-state index contributed by atoms with van der Waals surface area (Å²) in [5, 5.41) is 1.12. The number of aromatic nitrogens is 1. The Morgan fingerprint density at radius 1 is 1.05 bits per heavy atom. The van der Waals surface area contributed by atoms with Crippen molar-refractivity contribution >= 4 is 16.8 Å². The average molecular weight is 278 g/mol. The molecule has 0 radical (unpaired) electrons. The van der Waals surface area contributed by atoms with Crippen LogP contribution < -0.4 is 5.73 Å². The Hall–Kier alpha value is -2.55. The minimum atomic E-state index is -0.291. The molecule has 1 aromatic heterocycles. The van der Waals surface area contributed by atoms with Crippen molar-refractivity contribution in [2.24, 2.45) is 5.73 Å². The predicted octanol–water partition coefficient (Wildman–Crippen LogP) is 3.03. The molecule has 0 fully saturated rings. The van der Waals surface area contributed by atoms with Gasteiger partial charge in [-0.15, -0.1) is 0 Å². The third-order valence-electron chi connectivity index (χ3n) is 3.90. The van der Waals surface area contributed by atoms with Crippen LogP contribution in [0.1, 0.15) is 16.8 Å². The van der Waals surface area contributed by atoms with Crippen molar-refractivity contribution in [1.82, 2.24) is 4.57 Å². The molecule has 0 aliphatic heterocycles. The van der Waals surface area contributed by atoms with Crippen LogP contribution in [0, 0.1) is 6.92 Å². The highest BCUT2D eigenvalue weighted by Gasteiger charge is 2.15. The lowest BCUT2D eigenvalue weighted by atomic mass is 10.1. The molecule has 0 atom stereocenters. The first kappa shape index (κ1) is 13.4. The minimum Gasteiger partial charge on any atom is -0.369 e. The number of primary amides is 1. The SMILES string of the molecule is Cc1c(CC(N)=O)c2ccccc2n1Cc1ccccc1. The van der Waals surface area contributed by atoms with Crippen LogP contribution in [0.25, 0.3) is 10.9 Å². The summed E-state index contributed by atoms with van der Waals surface area (Å²) in [6.45, 7) is 2.85. The zero-order valence-electron chi connectivity index (χ0n) is 12.0. The molecule has 1 amide bonds. The van der Waals surface area contributed by atoms with E-state index >= 15 is 0 Å². The molecule has 0 spiro atoms. The fraction of sp³-hybridized carbons (Fsp3) is 0.167. The van der Waals surface area contributed by atoms with E-state index in [9.17, 15) is 4.79 Å². The van der Waals surface area contributed by atoms with Crippen molar-refractivity contribution in [2.45, 2.75) is 19.9 Å². The van der Waals surface area contributed by atoms with Crippen LogP contribution in [0.4, 0.5) is 0 Å². The fourth-order valence-electron chi connectivity index (χ4n) is 2.87. The van der Waals surface area contributed by atoms with Gasteiger partial charge in [-0.25, -0.2) is 0 Å². The number of para-hydroxylation sites is 1. The van der Waals surface area contributed by atoms with Gasteiger partial charge in [0.05, 0.1) is 6.42 Å².